The van der Waals surface area contributed by atoms with Crippen LogP contribution in [0.2, 0.25) is 4.34 Å². The monoisotopic (exact) mass is 418 g/mol. The van der Waals surface area contributed by atoms with Crippen molar-refractivity contribution in [2.45, 2.75) is 6.54 Å². The van der Waals surface area contributed by atoms with Crippen LogP contribution in [-0.2, 0) is 6.54 Å². The average molecular weight is 419 g/mol. The zero-order chi connectivity index (χ0) is 20.3. The number of carbonyl (C=O) groups excluding carboxylic acids is 1. The number of amidine groups is 1. The predicted molar refractivity (Wildman–Crippen MR) is 110 cm³/mol. The molecule has 0 unspecified atom stereocenters. The van der Waals surface area contributed by atoms with Crippen LogP contribution in [0.25, 0.3) is 11.3 Å². The molecular formula is C19H19ClN4O3S. The molecule has 0 fully saturated rings. The van der Waals surface area contributed by atoms with E-state index < -0.39 is 0 Å². The summed E-state index contributed by atoms with van der Waals surface area (Å²) in [6, 6.07) is 10.5. The van der Waals surface area contributed by atoms with Gasteiger partial charge >= 0.3 is 0 Å². The molecule has 7 nitrogen and oxygen atoms in total. The summed E-state index contributed by atoms with van der Waals surface area (Å²) in [5.41, 5.74) is 2.06. The largest absolute Gasteiger partial charge is 0.496 e. The van der Waals surface area contributed by atoms with E-state index in [1.54, 1.807) is 36.3 Å². The highest BCUT2D eigenvalue weighted by atomic mass is 35.5. The number of carbonyl (C=O) groups is 1. The number of ether oxygens (including phenoxy) is 1. The Bertz CT molecular complexity index is 1010. The lowest BCUT2D eigenvalue weighted by Gasteiger charge is -2.15. The predicted octanol–water partition coefficient (Wildman–Crippen LogP) is 3.88. The van der Waals surface area contributed by atoms with E-state index in [1.807, 2.05) is 26.2 Å². The lowest BCUT2D eigenvalue weighted by molar-refractivity contribution is 0.0951. The number of nitrogens with one attached hydrogen (secondary N) is 2. The molecule has 0 atom stereocenters. The fourth-order valence-electron chi connectivity index (χ4n) is 2.52. The Morgan fingerprint density at radius 2 is 2.11 bits per heavy atom. The number of hydrogen-bond acceptors (Lipinski definition) is 6. The highest BCUT2D eigenvalue weighted by Gasteiger charge is 2.15. The minimum atomic E-state index is -0.223. The molecule has 2 heterocycles. The van der Waals surface area contributed by atoms with E-state index >= 15 is 0 Å². The smallest absolute Gasteiger partial charge is 0.261 e. The second-order valence-corrected chi connectivity index (χ2v) is 7.84. The molecule has 9 heteroatoms. The van der Waals surface area contributed by atoms with Crippen molar-refractivity contribution in [2.75, 3.05) is 21.2 Å². The Labute approximate surface area is 171 Å². The maximum Gasteiger partial charge on any atom is 0.261 e. The Balaban J connectivity index is 1.74. The molecule has 2 N–H and O–H groups in total. The normalized spacial score (nSPS) is 10.6. The Morgan fingerprint density at radius 3 is 2.75 bits per heavy atom. The van der Waals surface area contributed by atoms with Gasteiger partial charge in [-0.2, -0.15) is 0 Å². The van der Waals surface area contributed by atoms with Crippen molar-refractivity contribution >= 4 is 34.7 Å². The first-order valence-corrected chi connectivity index (χ1v) is 9.52. The van der Waals surface area contributed by atoms with Crippen molar-refractivity contribution in [3.05, 3.63) is 56.9 Å². The van der Waals surface area contributed by atoms with Crippen LogP contribution in [0.4, 0.5) is 0 Å². The van der Waals surface area contributed by atoms with Gasteiger partial charge in [0.1, 0.15) is 17.3 Å². The van der Waals surface area contributed by atoms with Gasteiger partial charge in [-0.25, -0.2) is 0 Å². The van der Waals surface area contributed by atoms with Crippen molar-refractivity contribution in [1.82, 2.24) is 15.4 Å². The first kappa shape index (κ1) is 19.9. The van der Waals surface area contributed by atoms with E-state index in [4.69, 9.17) is 26.3 Å². The maximum absolute atomic E-state index is 12.1. The van der Waals surface area contributed by atoms with Crippen molar-refractivity contribution < 1.29 is 14.1 Å². The Morgan fingerprint density at radius 1 is 1.32 bits per heavy atom. The van der Waals surface area contributed by atoms with Crippen molar-refractivity contribution in [3.63, 3.8) is 0 Å². The van der Waals surface area contributed by atoms with Crippen LogP contribution >= 0.6 is 22.9 Å². The molecule has 0 saturated carbocycles. The fraction of sp³-hybridized carbons (Fsp3) is 0.211. The molecule has 28 heavy (non-hydrogen) atoms. The minimum Gasteiger partial charge on any atom is -0.496 e. The summed E-state index contributed by atoms with van der Waals surface area (Å²) in [6.07, 6.45) is 0. The summed E-state index contributed by atoms with van der Waals surface area (Å²) in [5.74, 6) is 1.25. The second-order valence-electron chi connectivity index (χ2n) is 6.12. The van der Waals surface area contributed by atoms with Gasteiger partial charge in [0.15, 0.2) is 5.76 Å². The number of halogens is 1. The van der Waals surface area contributed by atoms with E-state index in [0.29, 0.717) is 32.3 Å². The SMILES string of the molecule is COc1cc(C(=N)N(C)C)ccc1-c1cc(CNC(=O)c2ccc(Cl)s2)on1. The van der Waals surface area contributed by atoms with E-state index in [2.05, 4.69) is 10.5 Å². The molecular weight excluding hydrogens is 400 g/mol. The lowest BCUT2D eigenvalue weighted by Crippen LogP contribution is -2.21. The molecule has 0 saturated heterocycles. The zero-order valence-electron chi connectivity index (χ0n) is 15.6. The maximum atomic E-state index is 12.1. The van der Waals surface area contributed by atoms with Gasteiger partial charge in [0.05, 0.1) is 22.9 Å². The standard InChI is InChI=1S/C19H19ClN4O3S/c1-24(2)18(21)11-4-5-13(15(8-11)26-3)14-9-12(27-23-14)10-22-19(25)16-6-7-17(20)28-16/h4-9,21H,10H2,1-3H3,(H,22,25). The van der Waals surface area contributed by atoms with E-state index in [0.717, 1.165) is 11.1 Å². The van der Waals surface area contributed by atoms with Crippen molar-refractivity contribution in [1.29, 1.82) is 5.41 Å². The number of nitrogens with zero attached hydrogens (tertiary/aromatic N) is 2. The number of aromatic nitrogens is 1. The topological polar surface area (TPSA) is 91.5 Å². The third-order valence-electron chi connectivity index (χ3n) is 3.98. The van der Waals surface area contributed by atoms with Crippen LogP contribution < -0.4 is 10.1 Å². The van der Waals surface area contributed by atoms with Crippen LogP contribution in [-0.4, -0.2) is 43.0 Å². The summed E-state index contributed by atoms with van der Waals surface area (Å²) in [5, 5.41) is 14.9. The first-order valence-electron chi connectivity index (χ1n) is 8.33. The van der Waals surface area contributed by atoms with E-state index in [1.165, 1.54) is 11.3 Å². The third-order valence-corrected chi connectivity index (χ3v) is 5.21. The molecule has 3 aromatic rings. The van der Waals surface area contributed by atoms with E-state index in [9.17, 15) is 4.79 Å². The molecule has 0 aliphatic heterocycles. The lowest BCUT2D eigenvalue weighted by atomic mass is 10.1. The van der Waals surface area contributed by atoms with Gasteiger partial charge in [0.2, 0.25) is 0 Å². The van der Waals surface area contributed by atoms with Crippen molar-refractivity contribution in [2.24, 2.45) is 0 Å². The minimum absolute atomic E-state index is 0.201. The van der Waals surface area contributed by atoms with Crippen LogP contribution in [0, 0.1) is 5.41 Å². The van der Waals surface area contributed by atoms with E-state index in [-0.39, 0.29) is 12.5 Å². The van der Waals surface area contributed by atoms with Gasteiger partial charge in [0.25, 0.3) is 5.91 Å². The molecule has 0 radical (unpaired) electrons. The van der Waals surface area contributed by atoms with Gasteiger partial charge in [-0.3, -0.25) is 10.2 Å². The molecule has 0 spiro atoms. The molecule has 0 aliphatic carbocycles. The molecule has 3 rings (SSSR count). The van der Waals surface area contributed by atoms with Gasteiger partial charge in [-0.05, 0) is 24.3 Å². The average Bonchev–Trinajstić information content (AvgIpc) is 3.34. The van der Waals surface area contributed by atoms with Gasteiger partial charge in [0, 0.05) is 31.3 Å². The molecule has 0 aliphatic rings. The quantitative estimate of drug-likeness (QED) is 0.468. The molecule has 1 aromatic carbocycles. The van der Waals surface area contributed by atoms with Crippen LogP contribution in [0.1, 0.15) is 21.0 Å². The van der Waals surface area contributed by atoms with Crippen molar-refractivity contribution in [3.8, 4) is 17.0 Å². The van der Waals surface area contributed by atoms with Gasteiger partial charge in [-0.15, -0.1) is 11.3 Å². The number of rotatable bonds is 6. The summed E-state index contributed by atoms with van der Waals surface area (Å²) >= 11 is 7.06. The first-order chi connectivity index (χ1) is 13.4. The van der Waals surface area contributed by atoms with Crippen LogP contribution in [0.15, 0.2) is 40.9 Å². The number of amides is 1. The Hall–Kier alpha value is -2.84. The van der Waals surface area contributed by atoms with Gasteiger partial charge < -0.3 is 19.5 Å². The van der Waals surface area contributed by atoms with Crippen LogP contribution in [0.5, 0.6) is 5.75 Å². The number of methoxy groups -OCH3 is 1. The van der Waals surface area contributed by atoms with Gasteiger partial charge in [-0.1, -0.05) is 22.8 Å². The summed E-state index contributed by atoms with van der Waals surface area (Å²) in [6.45, 7) is 0.201. The third kappa shape index (κ3) is 4.35. The molecule has 146 valence electrons. The highest BCUT2D eigenvalue weighted by molar-refractivity contribution is 7.17. The fourth-order valence-corrected chi connectivity index (χ4v) is 3.48. The number of benzene rings is 1. The summed E-state index contributed by atoms with van der Waals surface area (Å²) in [7, 11) is 5.19. The molecule has 0 bridgehead atoms. The Kier molecular flexibility index (Phi) is 6.01. The molecule has 1 amide bonds. The number of thiophene rings is 1. The summed E-state index contributed by atoms with van der Waals surface area (Å²) in [4.78, 5) is 14.3. The second kappa shape index (κ2) is 8.45. The summed E-state index contributed by atoms with van der Waals surface area (Å²) < 4.78 is 11.4. The van der Waals surface area contributed by atoms with Crippen LogP contribution in [0.3, 0.4) is 0 Å². The number of hydrogen-bond donors (Lipinski definition) is 2. The molecule has 2 aromatic heterocycles. The zero-order valence-corrected chi connectivity index (χ0v) is 17.1. The highest BCUT2D eigenvalue weighted by Crippen LogP contribution is 2.31.